The summed E-state index contributed by atoms with van der Waals surface area (Å²) in [7, 11) is -1.43. The summed E-state index contributed by atoms with van der Waals surface area (Å²) in [6.07, 6.45) is 0. The molecule has 0 radical (unpaired) electrons. The summed E-state index contributed by atoms with van der Waals surface area (Å²) in [4.78, 5) is 12.0. The molecule has 0 saturated carbocycles. The van der Waals surface area contributed by atoms with Crippen molar-refractivity contribution in [3.05, 3.63) is 29.8 Å². The van der Waals surface area contributed by atoms with Gasteiger partial charge in [-0.15, -0.1) is 0 Å². The molecule has 1 aromatic carbocycles. The van der Waals surface area contributed by atoms with Crippen molar-refractivity contribution in [2.24, 2.45) is 0 Å². The lowest BCUT2D eigenvalue weighted by Gasteiger charge is -2.10. The SMILES string of the molecule is CCOC(=O)C(C)S(=O)c1ccc(CO)cc1. The molecule has 1 aromatic rings. The van der Waals surface area contributed by atoms with Gasteiger partial charge in [0.2, 0.25) is 0 Å². The zero-order chi connectivity index (χ0) is 12.8. The molecule has 0 aliphatic rings. The Balaban J connectivity index is 2.77. The van der Waals surface area contributed by atoms with Gasteiger partial charge in [-0.1, -0.05) is 12.1 Å². The van der Waals surface area contributed by atoms with Crippen LogP contribution < -0.4 is 0 Å². The monoisotopic (exact) mass is 256 g/mol. The third-order valence-electron chi connectivity index (χ3n) is 2.28. The zero-order valence-corrected chi connectivity index (χ0v) is 10.7. The Morgan fingerprint density at radius 3 is 2.47 bits per heavy atom. The van der Waals surface area contributed by atoms with Crippen LogP contribution in [-0.4, -0.2) is 27.1 Å². The fourth-order valence-electron chi connectivity index (χ4n) is 1.28. The lowest BCUT2D eigenvalue weighted by atomic mass is 10.2. The topological polar surface area (TPSA) is 63.6 Å². The van der Waals surface area contributed by atoms with Gasteiger partial charge in [-0.25, -0.2) is 0 Å². The van der Waals surface area contributed by atoms with Gasteiger partial charge in [0.05, 0.1) is 24.0 Å². The molecule has 4 nitrogen and oxygen atoms in total. The normalized spacial score (nSPS) is 14.1. The highest BCUT2D eigenvalue weighted by molar-refractivity contribution is 7.86. The van der Waals surface area contributed by atoms with Crippen molar-refractivity contribution in [2.45, 2.75) is 30.6 Å². The van der Waals surface area contributed by atoms with Crippen LogP contribution in [0.25, 0.3) is 0 Å². The summed E-state index contributed by atoms with van der Waals surface area (Å²) < 4.78 is 16.8. The van der Waals surface area contributed by atoms with Gasteiger partial charge < -0.3 is 9.84 Å². The summed E-state index contributed by atoms with van der Waals surface area (Å²) in [6.45, 7) is 3.52. The average Bonchev–Trinajstić information content (AvgIpc) is 2.37. The Labute approximate surface area is 103 Å². The number of esters is 1. The number of aliphatic hydroxyl groups is 1. The number of ether oxygens (including phenoxy) is 1. The maximum Gasteiger partial charge on any atom is 0.321 e. The minimum Gasteiger partial charge on any atom is -0.465 e. The molecule has 0 saturated heterocycles. The third-order valence-corrected chi connectivity index (χ3v) is 3.85. The second-order valence-electron chi connectivity index (χ2n) is 3.49. The van der Waals surface area contributed by atoms with E-state index in [2.05, 4.69) is 0 Å². The highest BCUT2D eigenvalue weighted by Crippen LogP contribution is 2.13. The molecule has 2 atom stereocenters. The Bertz CT molecular complexity index is 399. The number of carbonyl (C=O) groups is 1. The van der Waals surface area contributed by atoms with Crippen molar-refractivity contribution in [3.8, 4) is 0 Å². The largest absolute Gasteiger partial charge is 0.465 e. The number of rotatable bonds is 5. The first kappa shape index (κ1) is 13.9. The Kier molecular flexibility index (Phi) is 5.31. The molecular formula is C12H16O4S. The Hall–Kier alpha value is -1.20. The molecule has 0 bridgehead atoms. The van der Waals surface area contributed by atoms with Crippen LogP contribution in [0.1, 0.15) is 19.4 Å². The summed E-state index contributed by atoms with van der Waals surface area (Å²) in [5, 5.41) is 8.20. The molecule has 1 rings (SSSR count). The van der Waals surface area contributed by atoms with Crippen molar-refractivity contribution in [1.82, 2.24) is 0 Å². The first-order chi connectivity index (χ1) is 8.10. The van der Waals surface area contributed by atoms with Crippen molar-refractivity contribution in [2.75, 3.05) is 6.61 Å². The quantitative estimate of drug-likeness (QED) is 0.805. The minimum absolute atomic E-state index is 0.0552. The van der Waals surface area contributed by atoms with Crippen LogP contribution in [0.15, 0.2) is 29.2 Å². The molecule has 17 heavy (non-hydrogen) atoms. The van der Waals surface area contributed by atoms with Crippen molar-refractivity contribution in [1.29, 1.82) is 0 Å². The van der Waals surface area contributed by atoms with Gasteiger partial charge in [0.1, 0.15) is 5.25 Å². The third kappa shape index (κ3) is 3.64. The van der Waals surface area contributed by atoms with E-state index < -0.39 is 22.0 Å². The fourth-order valence-corrected chi connectivity index (χ4v) is 2.34. The number of hydrogen-bond donors (Lipinski definition) is 1. The first-order valence-electron chi connectivity index (χ1n) is 5.37. The van der Waals surface area contributed by atoms with Crippen molar-refractivity contribution >= 4 is 16.8 Å². The molecule has 94 valence electrons. The van der Waals surface area contributed by atoms with Crippen LogP contribution >= 0.6 is 0 Å². The average molecular weight is 256 g/mol. The molecule has 0 aliphatic heterocycles. The van der Waals surface area contributed by atoms with Crippen LogP contribution in [0.5, 0.6) is 0 Å². The predicted octanol–water partition coefficient (Wildman–Crippen LogP) is 1.24. The van der Waals surface area contributed by atoms with Gasteiger partial charge in [0, 0.05) is 4.90 Å². The first-order valence-corrected chi connectivity index (χ1v) is 6.58. The molecular weight excluding hydrogens is 240 g/mol. The van der Waals surface area contributed by atoms with Crippen LogP contribution in [0.3, 0.4) is 0 Å². The molecule has 0 aliphatic carbocycles. The van der Waals surface area contributed by atoms with E-state index in [-0.39, 0.29) is 13.2 Å². The molecule has 1 N–H and O–H groups in total. The maximum atomic E-state index is 12.0. The minimum atomic E-state index is -1.43. The predicted molar refractivity (Wildman–Crippen MR) is 64.9 cm³/mol. The summed E-state index contributed by atoms with van der Waals surface area (Å²) in [6, 6.07) is 6.67. The molecule has 0 aromatic heterocycles. The molecule has 0 spiro atoms. The standard InChI is InChI=1S/C12H16O4S/c1-3-16-12(14)9(2)17(15)11-6-4-10(8-13)5-7-11/h4-7,9,13H,3,8H2,1-2H3. The number of carbonyl (C=O) groups excluding carboxylic acids is 1. The van der Waals surface area contributed by atoms with E-state index in [0.29, 0.717) is 4.90 Å². The summed E-state index contributed by atoms with van der Waals surface area (Å²) in [5.41, 5.74) is 0.745. The maximum absolute atomic E-state index is 12.0. The van der Waals surface area contributed by atoms with E-state index in [4.69, 9.17) is 9.84 Å². The molecule has 5 heteroatoms. The second kappa shape index (κ2) is 6.51. The van der Waals surface area contributed by atoms with E-state index in [1.54, 1.807) is 38.1 Å². The Morgan fingerprint density at radius 1 is 1.41 bits per heavy atom. The van der Waals surface area contributed by atoms with Gasteiger partial charge in [0.25, 0.3) is 0 Å². The van der Waals surface area contributed by atoms with Crippen LogP contribution in [0, 0.1) is 0 Å². The van der Waals surface area contributed by atoms with E-state index in [1.807, 2.05) is 0 Å². The molecule has 0 fully saturated rings. The van der Waals surface area contributed by atoms with Crippen LogP contribution in [0.2, 0.25) is 0 Å². The van der Waals surface area contributed by atoms with Crippen LogP contribution in [0.4, 0.5) is 0 Å². The summed E-state index contributed by atoms with van der Waals surface area (Å²) in [5.74, 6) is -0.461. The van der Waals surface area contributed by atoms with Gasteiger partial charge in [-0.3, -0.25) is 9.00 Å². The lowest BCUT2D eigenvalue weighted by molar-refractivity contribution is -0.142. The van der Waals surface area contributed by atoms with E-state index >= 15 is 0 Å². The van der Waals surface area contributed by atoms with Gasteiger partial charge >= 0.3 is 5.97 Å². The number of benzene rings is 1. The number of hydrogen-bond acceptors (Lipinski definition) is 4. The lowest BCUT2D eigenvalue weighted by Crippen LogP contribution is -2.25. The van der Waals surface area contributed by atoms with Gasteiger partial charge in [-0.05, 0) is 31.5 Å². The molecule has 0 heterocycles. The van der Waals surface area contributed by atoms with Gasteiger partial charge in [-0.2, -0.15) is 0 Å². The number of aliphatic hydroxyl groups excluding tert-OH is 1. The van der Waals surface area contributed by atoms with Crippen molar-refractivity contribution in [3.63, 3.8) is 0 Å². The fraction of sp³-hybridized carbons (Fsp3) is 0.417. The Morgan fingerprint density at radius 2 is 2.00 bits per heavy atom. The van der Waals surface area contributed by atoms with Crippen molar-refractivity contribution < 1.29 is 18.8 Å². The molecule has 2 unspecified atom stereocenters. The van der Waals surface area contributed by atoms with E-state index in [0.717, 1.165) is 5.56 Å². The highest BCUT2D eigenvalue weighted by atomic mass is 32.2. The summed E-state index contributed by atoms with van der Waals surface area (Å²) >= 11 is 0. The molecule has 0 amide bonds. The smallest absolute Gasteiger partial charge is 0.321 e. The highest BCUT2D eigenvalue weighted by Gasteiger charge is 2.22. The van der Waals surface area contributed by atoms with Crippen LogP contribution in [-0.2, 0) is 26.9 Å². The second-order valence-corrected chi connectivity index (χ2v) is 5.27. The van der Waals surface area contributed by atoms with E-state index in [9.17, 15) is 9.00 Å². The van der Waals surface area contributed by atoms with E-state index in [1.165, 1.54) is 0 Å². The van der Waals surface area contributed by atoms with Gasteiger partial charge in [0.15, 0.2) is 0 Å². The zero-order valence-electron chi connectivity index (χ0n) is 9.88.